The smallest absolute Gasteiger partial charge is 0.212 e. The normalized spacial score (nSPS) is 10.8. The number of fused-ring (bicyclic) bond motifs is 1. The van der Waals surface area contributed by atoms with Crippen LogP contribution in [0.1, 0.15) is 5.82 Å². The lowest BCUT2D eigenvalue weighted by molar-refractivity contribution is 0.868. The van der Waals surface area contributed by atoms with E-state index in [2.05, 4.69) is 15.1 Å². The van der Waals surface area contributed by atoms with Gasteiger partial charge in [-0.05, 0) is 12.1 Å². The summed E-state index contributed by atoms with van der Waals surface area (Å²) in [5.41, 5.74) is 6.40. The first-order chi connectivity index (χ1) is 8.24. The van der Waals surface area contributed by atoms with E-state index in [-0.39, 0.29) is 4.99 Å². The van der Waals surface area contributed by atoms with Gasteiger partial charge in [-0.2, -0.15) is 4.68 Å². The van der Waals surface area contributed by atoms with E-state index in [0.717, 1.165) is 15.3 Å². The minimum Gasteiger partial charge on any atom is -0.387 e. The predicted octanol–water partition coefficient (Wildman–Crippen LogP) is 1.51. The molecule has 0 aliphatic carbocycles. The van der Waals surface area contributed by atoms with Gasteiger partial charge in [0.05, 0.1) is 10.2 Å². The van der Waals surface area contributed by atoms with Gasteiger partial charge in [0.2, 0.25) is 11.0 Å². The zero-order chi connectivity index (χ0) is 11.8. The molecule has 3 aromatic rings. The Morgan fingerprint density at radius 2 is 2.18 bits per heavy atom. The van der Waals surface area contributed by atoms with E-state index in [4.69, 9.17) is 18.0 Å². The summed E-state index contributed by atoms with van der Waals surface area (Å²) < 4.78 is 2.69. The Morgan fingerprint density at radius 1 is 1.35 bits per heavy atom. The lowest BCUT2D eigenvalue weighted by Crippen LogP contribution is -2.12. The van der Waals surface area contributed by atoms with Crippen molar-refractivity contribution in [2.24, 2.45) is 5.73 Å². The highest BCUT2D eigenvalue weighted by Crippen LogP contribution is 2.23. The van der Waals surface area contributed by atoms with E-state index in [1.807, 2.05) is 24.3 Å². The van der Waals surface area contributed by atoms with Crippen molar-refractivity contribution in [3.63, 3.8) is 0 Å². The Labute approximate surface area is 106 Å². The average Bonchev–Trinajstić information content (AvgIpc) is 2.95. The summed E-state index contributed by atoms with van der Waals surface area (Å²) in [6.45, 7) is 0. The van der Waals surface area contributed by atoms with Crippen LogP contribution >= 0.6 is 23.6 Å². The fourth-order valence-corrected chi connectivity index (χ4v) is 2.41. The molecule has 0 saturated heterocycles. The average molecular weight is 261 g/mol. The molecule has 3 rings (SSSR count). The maximum atomic E-state index is 5.46. The number of rotatable bonds is 2. The molecular formula is C10H7N5S2. The van der Waals surface area contributed by atoms with Gasteiger partial charge in [-0.3, -0.25) is 0 Å². The van der Waals surface area contributed by atoms with Gasteiger partial charge >= 0.3 is 0 Å². The molecule has 2 heterocycles. The maximum absolute atomic E-state index is 5.46. The Morgan fingerprint density at radius 3 is 2.88 bits per heavy atom. The first-order valence-corrected chi connectivity index (χ1v) is 6.04. The van der Waals surface area contributed by atoms with Gasteiger partial charge in [0.15, 0.2) is 0 Å². The number of hydrogen-bond donors (Lipinski definition) is 1. The molecule has 2 N–H and O–H groups in total. The van der Waals surface area contributed by atoms with Crippen LogP contribution in [0.4, 0.5) is 0 Å². The highest BCUT2D eigenvalue weighted by Gasteiger charge is 2.09. The van der Waals surface area contributed by atoms with Crippen molar-refractivity contribution in [1.82, 2.24) is 19.7 Å². The highest BCUT2D eigenvalue weighted by atomic mass is 32.1. The molecule has 0 unspecified atom stereocenters. The summed E-state index contributed by atoms with van der Waals surface area (Å²) >= 11 is 6.35. The molecule has 7 heteroatoms. The van der Waals surface area contributed by atoms with Gasteiger partial charge in [-0.15, -0.1) is 5.10 Å². The van der Waals surface area contributed by atoms with Crippen LogP contribution in [0.15, 0.2) is 30.6 Å². The van der Waals surface area contributed by atoms with Gasteiger partial charge in [-0.1, -0.05) is 35.7 Å². The first kappa shape index (κ1) is 10.3. The highest BCUT2D eigenvalue weighted by molar-refractivity contribution is 7.80. The number of benzene rings is 1. The van der Waals surface area contributed by atoms with Crippen LogP contribution in [-0.2, 0) is 0 Å². The van der Waals surface area contributed by atoms with Crippen molar-refractivity contribution in [3.8, 4) is 5.13 Å². The second-order valence-corrected chi connectivity index (χ2v) is 4.79. The van der Waals surface area contributed by atoms with Gasteiger partial charge in [-0.25, -0.2) is 9.97 Å². The quantitative estimate of drug-likeness (QED) is 0.708. The summed E-state index contributed by atoms with van der Waals surface area (Å²) in [5.74, 6) is 0.360. The topological polar surface area (TPSA) is 69.6 Å². The fraction of sp³-hybridized carbons (Fsp3) is 0. The number of thiocarbonyl (C=S) groups is 1. The largest absolute Gasteiger partial charge is 0.387 e. The van der Waals surface area contributed by atoms with Gasteiger partial charge < -0.3 is 5.73 Å². The van der Waals surface area contributed by atoms with Crippen molar-refractivity contribution in [2.75, 3.05) is 0 Å². The summed E-state index contributed by atoms with van der Waals surface area (Å²) in [5, 5.41) is 4.91. The summed E-state index contributed by atoms with van der Waals surface area (Å²) in [6, 6.07) is 7.91. The summed E-state index contributed by atoms with van der Waals surface area (Å²) in [7, 11) is 0. The molecule has 0 spiro atoms. The number of thiazole rings is 1. The van der Waals surface area contributed by atoms with Crippen LogP contribution in [0.3, 0.4) is 0 Å². The van der Waals surface area contributed by atoms with Crippen molar-refractivity contribution >= 4 is 38.8 Å². The summed E-state index contributed by atoms with van der Waals surface area (Å²) in [4.78, 5) is 8.65. The SMILES string of the molecule is NC(=S)c1ncn(-c2nc3ccccc3s2)n1. The Kier molecular flexibility index (Phi) is 2.34. The number of hydrogen-bond acceptors (Lipinski definition) is 5. The number of aromatic nitrogens is 4. The predicted molar refractivity (Wildman–Crippen MR) is 70.4 cm³/mol. The van der Waals surface area contributed by atoms with E-state index >= 15 is 0 Å². The summed E-state index contributed by atoms with van der Waals surface area (Å²) in [6.07, 6.45) is 1.56. The Bertz CT molecular complexity index is 666. The molecule has 84 valence electrons. The Balaban J connectivity index is 2.10. The molecule has 0 aliphatic rings. The van der Waals surface area contributed by atoms with Crippen LogP contribution in [0.25, 0.3) is 15.3 Å². The monoisotopic (exact) mass is 261 g/mol. The zero-order valence-electron chi connectivity index (χ0n) is 8.57. The molecule has 0 aliphatic heterocycles. The molecule has 0 radical (unpaired) electrons. The van der Waals surface area contributed by atoms with Crippen molar-refractivity contribution in [2.45, 2.75) is 0 Å². The Hall–Kier alpha value is -1.86. The molecule has 17 heavy (non-hydrogen) atoms. The molecule has 0 saturated carbocycles. The second-order valence-electron chi connectivity index (χ2n) is 3.34. The standard InChI is InChI=1S/C10H7N5S2/c11-8(16)9-12-5-15(14-9)10-13-6-3-1-2-4-7(6)17-10/h1-5H,(H2,11,16). The molecular weight excluding hydrogens is 254 g/mol. The van der Waals surface area contributed by atoms with Crippen molar-refractivity contribution in [1.29, 1.82) is 0 Å². The minimum absolute atomic E-state index is 0.185. The van der Waals surface area contributed by atoms with Gasteiger partial charge in [0, 0.05) is 0 Å². The second kappa shape index (κ2) is 3.86. The van der Waals surface area contributed by atoms with Crippen molar-refractivity contribution < 1.29 is 0 Å². The van der Waals surface area contributed by atoms with Crippen molar-refractivity contribution in [3.05, 3.63) is 36.4 Å². The van der Waals surface area contributed by atoms with Crippen LogP contribution in [0, 0.1) is 0 Å². The van der Waals surface area contributed by atoms with Crippen LogP contribution in [0.2, 0.25) is 0 Å². The van der Waals surface area contributed by atoms with Gasteiger partial charge in [0.25, 0.3) is 0 Å². The third kappa shape index (κ3) is 1.79. The van der Waals surface area contributed by atoms with E-state index < -0.39 is 0 Å². The number of para-hydroxylation sites is 1. The van der Waals surface area contributed by atoms with Crippen LogP contribution in [-0.4, -0.2) is 24.7 Å². The molecule has 2 aromatic heterocycles. The minimum atomic E-state index is 0.185. The van der Waals surface area contributed by atoms with E-state index in [1.165, 1.54) is 0 Å². The lowest BCUT2D eigenvalue weighted by atomic mass is 10.3. The van der Waals surface area contributed by atoms with Crippen LogP contribution in [0.5, 0.6) is 0 Å². The fourth-order valence-electron chi connectivity index (χ4n) is 1.43. The molecule has 0 amide bonds. The third-order valence-corrected chi connectivity index (χ3v) is 3.40. The molecule has 0 atom stereocenters. The zero-order valence-corrected chi connectivity index (χ0v) is 10.2. The van der Waals surface area contributed by atoms with E-state index in [0.29, 0.717) is 5.82 Å². The third-order valence-electron chi connectivity index (χ3n) is 2.19. The number of nitrogens with zero attached hydrogens (tertiary/aromatic N) is 4. The van der Waals surface area contributed by atoms with Gasteiger partial charge in [0.1, 0.15) is 11.3 Å². The van der Waals surface area contributed by atoms with E-state index in [1.54, 1.807) is 22.3 Å². The first-order valence-electron chi connectivity index (χ1n) is 4.81. The molecule has 5 nitrogen and oxygen atoms in total. The van der Waals surface area contributed by atoms with Crippen LogP contribution < -0.4 is 5.73 Å². The lowest BCUT2D eigenvalue weighted by Gasteiger charge is -1.90. The molecule has 0 bridgehead atoms. The molecule has 1 aromatic carbocycles. The maximum Gasteiger partial charge on any atom is 0.212 e. The molecule has 0 fully saturated rings. The number of nitrogens with two attached hydrogens (primary N) is 1. The van der Waals surface area contributed by atoms with E-state index in [9.17, 15) is 0 Å².